The molecule has 0 aliphatic carbocycles. The Morgan fingerprint density at radius 2 is 2.08 bits per heavy atom. The Kier molecular flexibility index (Phi) is 5.01. The summed E-state index contributed by atoms with van der Waals surface area (Å²) in [6.07, 6.45) is 5.02. The summed E-state index contributed by atoms with van der Waals surface area (Å²) in [7, 11) is 0. The first kappa shape index (κ1) is 10.3. The maximum Gasteiger partial charge on any atom is 0.0468 e. The van der Waals surface area contributed by atoms with Crippen LogP contribution in [0.2, 0.25) is 0 Å². The molecule has 72 valence electrons. The highest BCUT2D eigenvalue weighted by atomic mass is 35.5. The minimum Gasteiger partial charge on any atom is -0.381 e. The molecule has 1 atom stereocenters. The molecule has 0 aromatic heterocycles. The van der Waals surface area contributed by atoms with Crippen LogP contribution in [0.4, 0.5) is 0 Å². The summed E-state index contributed by atoms with van der Waals surface area (Å²) in [5.74, 6) is 2.44. The number of alkyl halides is 1. The van der Waals surface area contributed by atoms with E-state index in [1.54, 1.807) is 0 Å². The lowest BCUT2D eigenvalue weighted by Gasteiger charge is -2.25. The van der Waals surface area contributed by atoms with E-state index >= 15 is 0 Å². The van der Waals surface area contributed by atoms with Crippen LogP contribution in [-0.4, -0.2) is 19.1 Å². The molecule has 1 saturated heterocycles. The number of halogens is 1. The fraction of sp³-hybridized carbons (Fsp3) is 1.00. The van der Waals surface area contributed by atoms with Gasteiger partial charge in [-0.25, -0.2) is 0 Å². The van der Waals surface area contributed by atoms with Crippen LogP contribution in [0.25, 0.3) is 0 Å². The third kappa shape index (κ3) is 3.32. The zero-order valence-corrected chi connectivity index (χ0v) is 8.65. The van der Waals surface area contributed by atoms with Gasteiger partial charge in [0.2, 0.25) is 0 Å². The quantitative estimate of drug-likeness (QED) is 0.620. The van der Waals surface area contributed by atoms with Gasteiger partial charge < -0.3 is 4.74 Å². The van der Waals surface area contributed by atoms with Crippen LogP contribution in [0.5, 0.6) is 0 Å². The van der Waals surface area contributed by atoms with E-state index in [1.807, 2.05) is 0 Å². The predicted octanol–water partition coefficient (Wildman–Crippen LogP) is 3.07. The number of hydrogen-bond acceptors (Lipinski definition) is 1. The minimum atomic E-state index is 0.731. The first-order chi connectivity index (χ1) is 5.86. The maximum absolute atomic E-state index is 5.86. The molecule has 0 radical (unpaired) electrons. The van der Waals surface area contributed by atoms with Gasteiger partial charge in [0.05, 0.1) is 0 Å². The summed E-state index contributed by atoms with van der Waals surface area (Å²) in [4.78, 5) is 0. The summed E-state index contributed by atoms with van der Waals surface area (Å²) in [5, 5.41) is 0. The van der Waals surface area contributed by atoms with E-state index in [9.17, 15) is 0 Å². The molecule has 1 nitrogen and oxygen atoms in total. The van der Waals surface area contributed by atoms with Crippen molar-refractivity contribution in [3.8, 4) is 0 Å². The molecule has 1 unspecified atom stereocenters. The second-order valence-electron chi connectivity index (χ2n) is 3.72. The van der Waals surface area contributed by atoms with Crippen molar-refractivity contribution in [2.75, 3.05) is 19.1 Å². The summed E-state index contributed by atoms with van der Waals surface area (Å²) in [5.41, 5.74) is 0. The minimum absolute atomic E-state index is 0.731. The van der Waals surface area contributed by atoms with Crippen LogP contribution in [0, 0.1) is 11.8 Å². The highest BCUT2D eigenvalue weighted by Gasteiger charge is 2.17. The van der Waals surface area contributed by atoms with E-state index in [0.29, 0.717) is 0 Å². The smallest absolute Gasteiger partial charge is 0.0468 e. The van der Waals surface area contributed by atoms with Crippen LogP contribution in [0.15, 0.2) is 0 Å². The van der Waals surface area contributed by atoms with Gasteiger partial charge in [0.1, 0.15) is 0 Å². The molecule has 0 saturated carbocycles. The van der Waals surface area contributed by atoms with Gasteiger partial charge >= 0.3 is 0 Å². The van der Waals surface area contributed by atoms with Crippen LogP contribution >= 0.6 is 11.6 Å². The maximum atomic E-state index is 5.86. The van der Waals surface area contributed by atoms with E-state index < -0.39 is 0 Å². The number of ether oxygens (including phenoxy) is 1. The third-order valence-corrected chi connectivity index (χ3v) is 3.24. The molecule has 1 fully saturated rings. The molecule has 0 amide bonds. The molecule has 1 aliphatic heterocycles. The largest absolute Gasteiger partial charge is 0.381 e. The molecule has 0 aromatic carbocycles. The van der Waals surface area contributed by atoms with E-state index in [2.05, 4.69) is 6.92 Å². The fourth-order valence-electron chi connectivity index (χ4n) is 1.79. The van der Waals surface area contributed by atoms with Crippen molar-refractivity contribution in [2.45, 2.75) is 32.6 Å². The molecule has 1 rings (SSSR count). The van der Waals surface area contributed by atoms with Gasteiger partial charge in [0, 0.05) is 19.1 Å². The lowest BCUT2D eigenvalue weighted by atomic mass is 9.88. The average Bonchev–Trinajstić information content (AvgIpc) is 2.16. The normalized spacial score (nSPS) is 22.5. The lowest BCUT2D eigenvalue weighted by Crippen LogP contribution is -2.19. The Bertz CT molecular complexity index is 106. The van der Waals surface area contributed by atoms with Crippen molar-refractivity contribution >= 4 is 11.6 Å². The second-order valence-corrected chi connectivity index (χ2v) is 4.03. The molecule has 2 heteroatoms. The lowest BCUT2D eigenvalue weighted by molar-refractivity contribution is 0.0593. The summed E-state index contributed by atoms with van der Waals surface area (Å²) < 4.78 is 5.32. The molecule has 0 bridgehead atoms. The van der Waals surface area contributed by atoms with Crippen molar-refractivity contribution in [3.63, 3.8) is 0 Å². The zero-order valence-electron chi connectivity index (χ0n) is 7.89. The van der Waals surface area contributed by atoms with E-state index in [0.717, 1.165) is 30.9 Å². The predicted molar refractivity (Wildman–Crippen MR) is 52.7 cm³/mol. The number of hydrogen-bond donors (Lipinski definition) is 0. The Labute approximate surface area is 80.4 Å². The number of rotatable bonds is 4. The van der Waals surface area contributed by atoms with Gasteiger partial charge in [-0.2, -0.15) is 0 Å². The average molecular weight is 191 g/mol. The first-order valence-electron chi connectivity index (χ1n) is 5.00. The van der Waals surface area contributed by atoms with Gasteiger partial charge in [0.25, 0.3) is 0 Å². The van der Waals surface area contributed by atoms with Crippen LogP contribution in [0.3, 0.4) is 0 Å². The topological polar surface area (TPSA) is 9.23 Å². The summed E-state index contributed by atoms with van der Waals surface area (Å²) in [6.45, 7) is 4.15. The van der Waals surface area contributed by atoms with Gasteiger partial charge in [-0.3, -0.25) is 0 Å². The van der Waals surface area contributed by atoms with E-state index in [4.69, 9.17) is 16.3 Å². The Morgan fingerprint density at radius 3 is 2.58 bits per heavy atom. The van der Waals surface area contributed by atoms with Crippen LogP contribution < -0.4 is 0 Å². The molecular formula is C10H19ClO. The summed E-state index contributed by atoms with van der Waals surface area (Å²) >= 11 is 5.86. The van der Waals surface area contributed by atoms with E-state index in [1.165, 1.54) is 25.7 Å². The van der Waals surface area contributed by atoms with Crippen molar-refractivity contribution < 1.29 is 4.74 Å². The fourth-order valence-corrected chi connectivity index (χ4v) is 2.14. The van der Waals surface area contributed by atoms with Gasteiger partial charge in [0.15, 0.2) is 0 Å². The first-order valence-corrected chi connectivity index (χ1v) is 5.54. The van der Waals surface area contributed by atoms with Crippen LogP contribution in [0.1, 0.15) is 32.6 Å². The zero-order chi connectivity index (χ0) is 8.81. The van der Waals surface area contributed by atoms with Crippen molar-refractivity contribution in [3.05, 3.63) is 0 Å². The van der Waals surface area contributed by atoms with Gasteiger partial charge in [-0.05, 0) is 31.1 Å². The highest BCUT2D eigenvalue weighted by molar-refractivity contribution is 6.18. The molecule has 0 spiro atoms. The van der Waals surface area contributed by atoms with Crippen LogP contribution in [-0.2, 0) is 4.74 Å². The Hall–Kier alpha value is 0.250. The molecule has 0 N–H and O–H groups in total. The Morgan fingerprint density at radius 1 is 1.42 bits per heavy atom. The molecular weight excluding hydrogens is 172 g/mol. The van der Waals surface area contributed by atoms with E-state index in [-0.39, 0.29) is 0 Å². The molecule has 1 aliphatic rings. The van der Waals surface area contributed by atoms with Crippen molar-refractivity contribution in [1.82, 2.24) is 0 Å². The highest BCUT2D eigenvalue weighted by Crippen LogP contribution is 2.25. The molecule has 1 heterocycles. The Balaban J connectivity index is 2.18. The van der Waals surface area contributed by atoms with Gasteiger partial charge in [-0.1, -0.05) is 13.3 Å². The van der Waals surface area contributed by atoms with Crippen molar-refractivity contribution in [1.29, 1.82) is 0 Å². The standard InChI is InChI=1S/C10H19ClO/c1-2-9(8-11)7-10-3-5-12-6-4-10/h9-10H,2-8H2,1H3. The third-order valence-electron chi connectivity index (χ3n) is 2.80. The van der Waals surface area contributed by atoms with Crippen molar-refractivity contribution in [2.24, 2.45) is 11.8 Å². The summed E-state index contributed by atoms with van der Waals surface area (Å²) in [6, 6.07) is 0. The monoisotopic (exact) mass is 190 g/mol. The molecule has 12 heavy (non-hydrogen) atoms. The molecule has 0 aromatic rings. The SMILES string of the molecule is CCC(CCl)CC1CCOCC1. The second kappa shape index (κ2) is 5.82. The van der Waals surface area contributed by atoms with Gasteiger partial charge in [-0.15, -0.1) is 11.6 Å².